The van der Waals surface area contributed by atoms with Gasteiger partial charge < -0.3 is 10.1 Å². The summed E-state index contributed by atoms with van der Waals surface area (Å²) in [7, 11) is 1.74. The maximum atomic E-state index is 12.7. The second-order valence-corrected chi connectivity index (χ2v) is 5.60. The minimum Gasteiger partial charge on any atom is -0.384 e. The summed E-state index contributed by atoms with van der Waals surface area (Å²) < 4.78 is 1.56. The Bertz CT molecular complexity index is 1060. The Morgan fingerprint density at radius 2 is 1.87 bits per heavy atom. The number of rotatable bonds is 2. The maximum Gasteiger partial charge on any atom is 0.215 e. The van der Waals surface area contributed by atoms with Gasteiger partial charge in [0.1, 0.15) is 11.6 Å². The highest BCUT2D eigenvalue weighted by molar-refractivity contribution is 5.90. The number of pyridine rings is 1. The van der Waals surface area contributed by atoms with Gasteiger partial charge in [-0.3, -0.25) is 9.48 Å². The van der Waals surface area contributed by atoms with E-state index in [0.29, 0.717) is 22.0 Å². The van der Waals surface area contributed by atoms with Crippen molar-refractivity contribution >= 4 is 21.9 Å². The summed E-state index contributed by atoms with van der Waals surface area (Å²) in [5.41, 5.74) is 3.38. The highest BCUT2D eigenvalue weighted by Gasteiger charge is 2.14. The largest absolute Gasteiger partial charge is 0.384 e. The number of aliphatic hydroxyl groups excluding tert-OH is 1. The van der Waals surface area contributed by atoms with Gasteiger partial charge in [0.2, 0.25) is 5.43 Å². The number of aliphatic hydroxyl groups is 1. The zero-order chi connectivity index (χ0) is 16.0. The van der Waals surface area contributed by atoms with Gasteiger partial charge in [-0.1, -0.05) is 36.4 Å². The predicted octanol–water partition coefficient (Wildman–Crippen LogP) is 2.50. The summed E-state index contributed by atoms with van der Waals surface area (Å²) in [6.07, 6.45) is 0.880. The van der Waals surface area contributed by atoms with Crippen LogP contribution in [0.5, 0.6) is 0 Å². The molecule has 0 amide bonds. The van der Waals surface area contributed by atoms with Crippen LogP contribution in [0.15, 0.2) is 59.5 Å². The van der Waals surface area contributed by atoms with Crippen LogP contribution < -0.4 is 5.43 Å². The van der Waals surface area contributed by atoms with Crippen molar-refractivity contribution in [2.75, 3.05) is 0 Å². The Balaban J connectivity index is 1.94. The molecule has 0 saturated carbocycles. The zero-order valence-corrected chi connectivity index (χ0v) is 12.5. The number of aryl methyl sites for hydroxylation is 1. The van der Waals surface area contributed by atoms with Crippen LogP contribution >= 0.6 is 0 Å². The van der Waals surface area contributed by atoms with Crippen LogP contribution in [0.4, 0.5) is 0 Å². The molecule has 114 valence electrons. The molecule has 5 heteroatoms. The standard InChI is InChI=1S/C18H15N3O2/c1-21-16-15(10-19-21)20-14-8-7-12(9-13(14)18(16)23)17(22)11-5-3-2-4-6-11/h2-10,17,22H,1H3,(H,20,23). The van der Waals surface area contributed by atoms with Gasteiger partial charge in [0.15, 0.2) is 0 Å². The number of fused-ring (bicyclic) bond motifs is 2. The van der Waals surface area contributed by atoms with E-state index in [4.69, 9.17) is 0 Å². The third kappa shape index (κ3) is 2.13. The fourth-order valence-corrected chi connectivity index (χ4v) is 2.93. The van der Waals surface area contributed by atoms with Gasteiger partial charge in [-0.2, -0.15) is 5.10 Å². The van der Waals surface area contributed by atoms with Gasteiger partial charge in [0, 0.05) is 18.0 Å². The van der Waals surface area contributed by atoms with Crippen molar-refractivity contribution in [1.82, 2.24) is 14.8 Å². The van der Waals surface area contributed by atoms with Crippen LogP contribution in [0.2, 0.25) is 0 Å². The van der Waals surface area contributed by atoms with E-state index in [1.165, 1.54) is 0 Å². The van der Waals surface area contributed by atoms with E-state index in [9.17, 15) is 9.90 Å². The lowest BCUT2D eigenvalue weighted by Gasteiger charge is -2.12. The van der Waals surface area contributed by atoms with E-state index < -0.39 is 6.10 Å². The van der Waals surface area contributed by atoms with E-state index in [-0.39, 0.29) is 5.43 Å². The lowest BCUT2D eigenvalue weighted by atomic mass is 10.00. The molecule has 1 atom stereocenters. The first-order valence-electron chi connectivity index (χ1n) is 7.36. The van der Waals surface area contributed by atoms with Gasteiger partial charge in [-0.15, -0.1) is 0 Å². The first-order valence-corrected chi connectivity index (χ1v) is 7.36. The van der Waals surface area contributed by atoms with Gasteiger partial charge in [0.05, 0.1) is 11.7 Å². The number of aromatic nitrogens is 3. The smallest absolute Gasteiger partial charge is 0.215 e. The first-order chi connectivity index (χ1) is 11.1. The van der Waals surface area contributed by atoms with Crippen molar-refractivity contribution < 1.29 is 5.11 Å². The number of aromatic amines is 1. The first kappa shape index (κ1) is 13.7. The average molecular weight is 305 g/mol. The molecule has 2 aromatic carbocycles. The molecule has 0 aliphatic carbocycles. The molecule has 0 fully saturated rings. The van der Waals surface area contributed by atoms with Crippen molar-refractivity contribution in [1.29, 1.82) is 0 Å². The summed E-state index contributed by atoms with van der Waals surface area (Å²) in [6, 6.07) is 14.8. The lowest BCUT2D eigenvalue weighted by molar-refractivity contribution is 0.220. The van der Waals surface area contributed by atoms with Crippen molar-refractivity contribution in [2.24, 2.45) is 7.05 Å². The number of hydrogen-bond donors (Lipinski definition) is 2. The second kappa shape index (κ2) is 5.07. The summed E-state index contributed by atoms with van der Waals surface area (Å²) in [6.45, 7) is 0. The number of hydrogen-bond acceptors (Lipinski definition) is 3. The molecule has 1 unspecified atom stereocenters. The molecule has 0 saturated heterocycles. The van der Waals surface area contributed by atoms with E-state index in [1.807, 2.05) is 42.5 Å². The summed E-state index contributed by atoms with van der Waals surface area (Å²) in [5.74, 6) is 0. The number of nitrogens with one attached hydrogen (secondary N) is 1. The molecule has 0 bridgehead atoms. The highest BCUT2D eigenvalue weighted by Crippen LogP contribution is 2.24. The summed E-state index contributed by atoms with van der Waals surface area (Å²) in [5, 5.41) is 15.2. The minimum atomic E-state index is -0.762. The van der Waals surface area contributed by atoms with Crippen molar-refractivity contribution in [3.63, 3.8) is 0 Å². The Morgan fingerprint density at radius 1 is 1.09 bits per heavy atom. The van der Waals surface area contributed by atoms with Crippen molar-refractivity contribution in [2.45, 2.75) is 6.10 Å². The van der Waals surface area contributed by atoms with Crippen molar-refractivity contribution in [3.05, 3.63) is 76.1 Å². The molecule has 5 nitrogen and oxygen atoms in total. The minimum absolute atomic E-state index is 0.0872. The topological polar surface area (TPSA) is 70.9 Å². The van der Waals surface area contributed by atoms with E-state index in [0.717, 1.165) is 11.1 Å². The lowest BCUT2D eigenvalue weighted by Crippen LogP contribution is -2.09. The fourth-order valence-electron chi connectivity index (χ4n) is 2.93. The maximum absolute atomic E-state index is 12.7. The highest BCUT2D eigenvalue weighted by atomic mass is 16.3. The molecule has 2 N–H and O–H groups in total. The molecule has 4 rings (SSSR count). The quantitative estimate of drug-likeness (QED) is 0.598. The fraction of sp³-hybridized carbons (Fsp3) is 0.111. The van der Waals surface area contributed by atoms with Crippen molar-refractivity contribution in [3.8, 4) is 0 Å². The van der Waals surface area contributed by atoms with Crippen LogP contribution in [0.25, 0.3) is 21.9 Å². The van der Waals surface area contributed by atoms with Gasteiger partial charge >= 0.3 is 0 Å². The third-order valence-electron chi connectivity index (χ3n) is 4.14. The number of H-pyrrole nitrogens is 1. The molecule has 2 heterocycles. The molecule has 0 radical (unpaired) electrons. The Labute approximate surface area is 131 Å². The van der Waals surface area contributed by atoms with Crippen LogP contribution in [0.1, 0.15) is 17.2 Å². The number of benzene rings is 2. The van der Waals surface area contributed by atoms with Gasteiger partial charge in [-0.05, 0) is 23.3 Å². The molecule has 23 heavy (non-hydrogen) atoms. The Morgan fingerprint density at radius 3 is 2.65 bits per heavy atom. The van der Waals surface area contributed by atoms with Gasteiger partial charge in [0.25, 0.3) is 0 Å². The van der Waals surface area contributed by atoms with Crippen LogP contribution in [-0.2, 0) is 7.05 Å². The predicted molar refractivity (Wildman–Crippen MR) is 89.3 cm³/mol. The molecule has 0 spiro atoms. The SMILES string of the molecule is Cn1ncc2[nH]c3ccc(C(O)c4ccccc4)cc3c(=O)c21. The molecular weight excluding hydrogens is 290 g/mol. The van der Waals surface area contributed by atoms with Gasteiger partial charge in [-0.25, -0.2) is 0 Å². The normalized spacial score (nSPS) is 12.8. The monoisotopic (exact) mass is 305 g/mol. The molecule has 0 aliphatic rings. The second-order valence-electron chi connectivity index (χ2n) is 5.60. The summed E-state index contributed by atoms with van der Waals surface area (Å²) in [4.78, 5) is 15.9. The number of nitrogens with zero attached hydrogens (tertiary/aromatic N) is 2. The van der Waals surface area contributed by atoms with E-state index in [1.54, 1.807) is 24.0 Å². The van der Waals surface area contributed by atoms with E-state index in [2.05, 4.69) is 10.1 Å². The molecule has 2 aromatic heterocycles. The zero-order valence-electron chi connectivity index (χ0n) is 12.5. The van der Waals surface area contributed by atoms with E-state index >= 15 is 0 Å². The third-order valence-corrected chi connectivity index (χ3v) is 4.14. The van der Waals surface area contributed by atoms with Crippen LogP contribution in [-0.4, -0.2) is 19.9 Å². The van der Waals surface area contributed by atoms with Crippen LogP contribution in [0.3, 0.4) is 0 Å². The molecular formula is C18H15N3O2. The molecule has 4 aromatic rings. The summed E-state index contributed by atoms with van der Waals surface area (Å²) >= 11 is 0. The average Bonchev–Trinajstić information content (AvgIpc) is 2.96. The Kier molecular flexibility index (Phi) is 3.02. The molecule has 0 aliphatic heterocycles. The Hall–Kier alpha value is -2.92. The van der Waals surface area contributed by atoms with Crippen LogP contribution in [0, 0.1) is 0 Å².